The number of ether oxygens (including phenoxy) is 1. The fraction of sp³-hybridized carbons (Fsp3) is 0.0500. The molecule has 120 valence electrons. The van der Waals surface area contributed by atoms with E-state index in [2.05, 4.69) is 21.2 Å². The lowest BCUT2D eigenvalue weighted by atomic mass is 10.1. The van der Waals surface area contributed by atoms with Crippen LogP contribution in [0.4, 0.5) is 5.69 Å². The van der Waals surface area contributed by atoms with Gasteiger partial charge in [-0.2, -0.15) is 0 Å². The molecule has 0 bridgehead atoms. The molecule has 0 aliphatic heterocycles. The molecule has 0 atom stereocenters. The SMILES string of the molecule is COc1ccc(Br)cc1C=CC(=O)Nc1ccc2ccccc2c1. The highest BCUT2D eigenvalue weighted by atomic mass is 79.9. The standard InChI is InChI=1S/C20H16BrNO2/c1-24-19-10-8-17(21)12-16(19)7-11-20(23)22-18-9-6-14-4-2-3-5-15(14)13-18/h2-13H,1H3,(H,22,23). The molecule has 4 heteroatoms. The molecule has 24 heavy (non-hydrogen) atoms. The number of carbonyl (C=O) groups is 1. The maximum atomic E-state index is 12.2. The Labute approximate surface area is 149 Å². The van der Waals surface area contributed by atoms with Crippen molar-refractivity contribution in [2.24, 2.45) is 0 Å². The summed E-state index contributed by atoms with van der Waals surface area (Å²) in [6.07, 6.45) is 3.24. The minimum absolute atomic E-state index is 0.188. The first kappa shape index (κ1) is 16.3. The average molecular weight is 382 g/mol. The molecule has 0 aliphatic rings. The van der Waals surface area contributed by atoms with Gasteiger partial charge >= 0.3 is 0 Å². The topological polar surface area (TPSA) is 38.3 Å². The van der Waals surface area contributed by atoms with Gasteiger partial charge in [-0.25, -0.2) is 0 Å². The van der Waals surface area contributed by atoms with Crippen molar-refractivity contribution in [2.45, 2.75) is 0 Å². The van der Waals surface area contributed by atoms with Gasteiger partial charge in [-0.3, -0.25) is 4.79 Å². The summed E-state index contributed by atoms with van der Waals surface area (Å²) in [5.41, 5.74) is 1.60. The molecule has 0 spiro atoms. The van der Waals surface area contributed by atoms with E-state index < -0.39 is 0 Å². The lowest BCUT2D eigenvalue weighted by Gasteiger charge is -2.06. The van der Waals surface area contributed by atoms with Gasteiger partial charge in [0.15, 0.2) is 0 Å². The Morgan fingerprint density at radius 1 is 1.04 bits per heavy atom. The Balaban J connectivity index is 1.76. The normalized spacial score (nSPS) is 10.9. The molecular weight excluding hydrogens is 366 g/mol. The molecule has 0 saturated carbocycles. The second-order valence-corrected chi connectivity index (χ2v) is 6.19. The second kappa shape index (κ2) is 7.32. The smallest absolute Gasteiger partial charge is 0.248 e. The predicted molar refractivity (Wildman–Crippen MR) is 102 cm³/mol. The summed E-state index contributed by atoms with van der Waals surface area (Å²) in [6, 6.07) is 19.5. The van der Waals surface area contributed by atoms with Crippen molar-refractivity contribution >= 4 is 44.4 Å². The number of anilines is 1. The van der Waals surface area contributed by atoms with Gasteiger partial charge < -0.3 is 10.1 Å². The van der Waals surface area contributed by atoms with Crippen LogP contribution in [0.5, 0.6) is 5.75 Å². The summed E-state index contributed by atoms with van der Waals surface area (Å²) >= 11 is 3.42. The number of carbonyl (C=O) groups excluding carboxylic acids is 1. The van der Waals surface area contributed by atoms with E-state index in [0.29, 0.717) is 5.75 Å². The Hall–Kier alpha value is -2.59. The number of amides is 1. The number of hydrogen-bond donors (Lipinski definition) is 1. The second-order valence-electron chi connectivity index (χ2n) is 5.27. The van der Waals surface area contributed by atoms with Crippen molar-refractivity contribution in [1.82, 2.24) is 0 Å². The molecule has 3 aromatic rings. The van der Waals surface area contributed by atoms with Gasteiger partial charge in [0.05, 0.1) is 7.11 Å². The minimum Gasteiger partial charge on any atom is -0.496 e. The van der Waals surface area contributed by atoms with Crippen LogP contribution in [0.15, 0.2) is 71.2 Å². The summed E-state index contributed by atoms with van der Waals surface area (Å²) in [5.74, 6) is 0.528. The van der Waals surface area contributed by atoms with Crippen molar-refractivity contribution in [2.75, 3.05) is 12.4 Å². The van der Waals surface area contributed by atoms with E-state index in [1.807, 2.05) is 60.7 Å². The molecule has 0 unspecified atom stereocenters. The average Bonchev–Trinajstić information content (AvgIpc) is 2.60. The van der Waals surface area contributed by atoms with Crippen LogP contribution in [0.1, 0.15) is 5.56 Å². The van der Waals surface area contributed by atoms with Crippen LogP contribution < -0.4 is 10.1 Å². The van der Waals surface area contributed by atoms with Gasteiger partial charge in [-0.15, -0.1) is 0 Å². The van der Waals surface area contributed by atoms with E-state index in [1.165, 1.54) is 6.08 Å². The zero-order valence-corrected chi connectivity index (χ0v) is 14.7. The molecule has 3 rings (SSSR count). The number of nitrogens with one attached hydrogen (secondary N) is 1. The Kier molecular flexibility index (Phi) is 4.96. The molecule has 0 radical (unpaired) electrons. The number of benzene rings is 3. The maximum Gasteiger partial charge on any atom is 0.248 e. The van der Waals surface area contributed by atoms with Gasteiger partial charge in [-0.05, 0) is 47.2 Å². The van der Waals surface area contributed by atoms with Gasteiger partial charge in [0.1, 0.15) is 5.75 Å². The molecule has 3 nitrogen and oxygen atoms in total. The van der Waals surface area contributed by atoms with Gasteiger partial charge in [0, 0.05) is 21.8 Å². The van der Waals surface area contributed by atoms with Crippen LogP contribution in [0, 0.1) is 0 Å². The van der Waals surface area contributed by atoms with Crippen LogP contribution in [0.2, 0.25) is 0 Å². The van der Waals surface area contributed by atoms with Gasteiger partial charge in [0.2, 0.25) is 5.91 Å². The Bertz CT molecular complexity index is 918. The quantitative estimate of drug-likeness (QED) is 0.625. The van der Waals surface area contributed by atoms with E-state index in [0.717, 1.165) is 26.5 Å². The zero-order chi connectivity index (χ0) is 16.9. The third kappa shape index (κ3) is 3.84. The molecule has 0 aromatic heterocycles. The van der Waals surface area contributed by atoms with E-state index >= 15 is 0 Å². The highest BCUT2D eigenvalue weighted by molar-refractivity contribution is 9.10. The highest BCUT2D eigenvalue weighted by Gasteiger charge is 2.03. The lowest BCUT2D eigenvalue weighted by molar-refractivity contribution is -0.111. The molecule has 1 N–H and O–H groups in total. The molecule has 0 heterocycles. The number of halogens is 1. The van der Waals surface area contributed by atoms with Crippen molar-refractivity contribution in [3.05, 3.63) is 76.8 Å². The van der Waals surface area contributed by atoms with Crippen LogP contribution in [0.25, 0.3) is 16.8 Å². The number of rotatable bonds is 4. The monoisotopic (exact) mass is 381 g/mol. The summed E-state index contributed by atoms with van der Waals surface area (Å²) in [7, 11) is 1.61. The fourth-order valence-corrected chi connectivity index (χ4v) is 2.83. The number of fused-ring (bicyclic) bond motifs is 1. The van der Waals surface area contributed by atoms with Crippen LogP contribution in [-0.2, 0) is 4.79 Å². The van der Waals surface area contributed by atoms with Crippen molar-refractivity contribution < 1.29 is 9.53 Å². The third-order valence-electron chi connectivity index (χ3n) is 3.62. The Morgan fingerprint density at radius 2 is 1.83 bits per heavy atom. The van der Waals surface area contributed by atoms with E-state index in [-0.39, 0.29) is 5.91 Å². The summed E-state index contributed by atoms with van der Waals surface area (Å²) in [4.78, 5) is 12.2. The van der Waals surface area contributed by atoms with E-state index in [4.69, 9.17) is 4.74 Å². The van der Waals surface area contributed by atoms with Crippen LogP contribution in [-0.4, -0.2) is 13.0 Å². The van der Waals surface area contributed by atoms with Crippen molar-refractivity contribution in [3.63, 3.8) is 0 Å². The third-order valence-corrected chi connectivity index (χ3v) is 4.12. The summed E-state index contributed by atoms with van der Waals surface area (Å²) in [5, 5.41) is 5.11. The zero-order valence-electron chi connectivity index (χ0n) is 13.1. The first-order chi connectivity index (χ1) is 11.7. The molecule has 1 amide bonds. The van der Waals surface area contributed by atoms with Crippen molar-refractivity contribution in [3.8, 4) is 5.75 Å². The minimum atomic E-state index is -0.188. The first-order valence-electron chi connectivity index (χ1n) is 7.47. The largest absolute Gasteiger partial charge is 0.496 e. The molecule has 0 aliphatic carbocycles. The van der Waals surface area contributed by atoms with Gasteiger partial charge in [0.25, 0.3) is 0 Å². The van der Waals surface area contributed by atoms with Crippen LogP contribution >= 0.6 is 15.9 Å². The molecule has 3 aromatic carbocycles. The molecule has 0 fully saturated rings. The maximum absolute atomic E-state index is 12.2. The first-order valence-corrected chi connectivity index (χ1v) is 8.26. The fourth-order valence-electron chi connectivity index (χ4n) is 2.45. The highest BCUT2D eigenvalue weighted by Crippen LogP contribution is 2.24. The van der Waals surface area contributed by atoms with E-state index in [1.54, 1.807) is 13.2 Å². The predicted octanol–water partition coefficient (Wildman–Crippen LogP) is 5.26. The van der Waals surface area contributed by atoms with Gasteiger partial charge in [-0.1, -0.05) is 46.3 Å². The Morgan fingerprint density at radius 3 is 2.62 bits per heavy atom. The lowest BCUT2D eigenvalue weighted by Crippen LogP contribution is -2.07. The van der Waals surface area contributed by atoms with Crippen LogP contribution in [0.3, 0.4) is 0 Å². The summed E-state index contributed by atoms with van der Waals surface area (Å²) in [6.45, 7) is 0. The number of hydrogen-bond acceptors (Lipinski definition) is 2. The molecule has 0 saturated heterocycles. The van der Waals surface area contributed by atoms with E-state index in [9.17, 15) is 4.79 Å². The number of methoxy groups -OCH3 is 1. The molecular formula is C20H16BrNO2. The van der Waals surface area contributed by atoms with Crippen molar-refractivity contribution in [1.29, 1.82) is 0 Å². The summed E-state index contributed by atoms with van der Waals surface area (Å²) < 4.78 is 6.22.